The number of anilines is 1. The molecule has 102 valence electrons. The number of carbonyl (C=O) groups is 2. The van der Waals surface area contributed by atoms with Crippen LogP contribution in [-0.4, -0.2) is 24.5 Å². The quantitative estimate of drug-likeness (QED) is 0.810. The van der Waals surface area contributed by atoms with Crippen molar-refractivity contribution in [2.45, 2.75) is 26.9 Å². The second-order valence-electron chi connectivity index (χ2n) is 5.13. The van der Waals surface area contributed by atoms with Crippen molar-refractivity contribution in [3.8, 4) is 5.75 Å². The summed E-state index contributed by atoms with van der Waals surface area (Å²) in [5.41, 5.74) is 1.63. The first kappa shape index (κ1) is 13.4. The van der Waals surface area contributed by atoms with E-state index in [2.05, 4.69) is 10.6 Å². The van der Waals surface area contributed by atoms with Gasteiger partial charge in [0.15, 0.2) is 0 Å². The second kappa shape index (κ2) is 5.30. The largest absolute Gasteiger partial charge is 0.468 e. The topological polar surface area (TPSA) is 67.4 Å². The molecule has 0 aromatic heterocycles. The van der Waals surface area contributed by atoms with Crippen molar-refractivity contribution < 1.29 is 14.3 Å². The number of amides is 2. The van der Waals surface area contributed by atoms with Crippen molar-refractivity contribution in [2.24, 2.45) is 5.92 Å². The van der Waals surface area contributed by atoms with E-state index in [1.165, 1.54) is 0 Å². The molecular formula is C14H18N2O3. The third-order valence-corrected chi connectivity index (χ3v) is 2.80. The first-order chi connectivity index (χ1) is 8.97. The van der Waals surface area contributed by atoms with Crippen molar-refractivity contribution in [1.82, 2.24) is 5.32 Å². The van der Waals surface area contributed by atoms with Crippen LogP contribution in [0.4, 0.5) is 5.69 Å². The van der Waals surface area contributed by atoms with E-state index in [-0.39, 0.29) is 0 Å². The smallest absolute Gasteiger partial charge is 0.275 e. The fourth-order valence-corrected chi connectivity index (χ4v) is 1.79. The molecule has 0 spiro atoms. The lowest BCUT2D eigenvalue weighted by atomic mass is 10.1. The summed E-state index contributed by atoms with van der Waals surface area (Å²) in [6.07, 6.45) is -1.12. The van der Waals surface area contributed by atoms with Crippen LogP contribution in [0.5, 0.6) is 5.75 Å². The first-order valence-corrected chi connectivity index (χ1v) is 6.33. The van der Waals surface area contributed by atoms with E-state index in [0.29, 0.717) is 23.9 Å². The predicted octanol–water partition coefficient (Wildman–Crippen LogP) is 1.47. The van der Waals surface area contributed by atoms with E-state index >= 15 is 0 Å². The van der Waals surface area contributed by atoms with Crippen LogP contribution >= 0.6 is 0 Å². The van der Waals surface area contributed by atoms with Crippen LogP contribution in [0.2, 0.25) is 0 Å². The van der Waals surface area contributed by atoms with E-state index in [9.17, 15) is 9.59 Å². The number of nitrogens with one attached hydrogen (secondary N) is 2. The van der Waals surface area contributed by atoms with Crippen molar-refractivity contribution >= 4 is 17.5 Å². The molecule has 0 fully saturated rings. The summed E-state index contributed by atoms with van der Waals surface area (Å²) in [5, 5.41) is 5.39. The molecule has 0 radical (unpaired) electrons. The molecule has 2 N–H and O–H groups in total. The minimum absolute atomic E-state index is 0.325. The van der Waals surface area contributed by atoms with Crippen LogP contribution in [0.1, 0.15) is 19.4 Å². The van der Waals surface area contributed by atoms with E-state index in [0.717, 1.165) is 5.56 Å². The molecule has 1 atom stereocenters. The van der Waals surface area contributed by atoms with Crippen LogP contribution < -0.4 is 15.4 Å². The number of aryl methyl sites for hydroxylation is 1. The Labute approximate surface area is 112 Å². The lowest BCUT2D eigenvalue weighted by Crippen LogP contribution is -2.49. The number of hydrogen-bond donors (Lipinski definition) is 2. The Morgan fingerprint density at radius 1 is 1.47 bits per heavy atom. The minimum Gasteiger partial charge on any atom is -0.468 e. The summed E-state index contributed by atoms with van der Waals surface area (Å²) in [6, 6.07) is 5.45. The van der Waals surface area contributed by atoms with Crippen LogP contribution in [0.25, 0.3) is 0 Å². The molecule has 1 aliphatic rings. The summed E-state index contributed by atoms with van der Waals surface area (Å²) >= 11 is 0. The molecule has 0 saturated carbocycles. The molecule has 0 bridgehead atoms. The lowest BCUT2D eigenvalue weighted by molar-refractivity contribution is -0.137. The Hall–Kier alpha value is -2.04. The molecule has 2 rings (SSSR count). The zero-order valence-corrected chi connectivity index (χ0v) is 11.3. The van der Waals surface area contributed by atoms with Gasteiger partial charge in [-0.1, -0.05) is 19.9 Å². The first-order valence-electron chi connectivity index (χ1n) is 6.33. The third kappa shape index (κ3) is 3.05. The highest BCUT2D eigenvalue weighted by Gasteiger charge is 2.33. The highest BCUT2D eigenvalue weighted by Crippen LogP contribution is 2.30. The fraction of sp³-hybridized carbons (Fsp3) is 0.429. The lowest BCUT2D eigenvalue weighted by Gasteiger charge is -2.25. The molecule has 1 aromatic rings. The number of fused-ring (bicyclic) bond motifs is 1. The summed E-state index contributed by atoms with van der Waals surface area (Å²) in [5.74, 6) is 0.0113. The van der Waals surface area contributed by atoms with Gasteiger partial charge in [-0.25, -0.2) is 0 Å². The van der Waals surface area contributed by atoms with Gasteiger partial charge in [0.1, 0.15) is 5.75 Å². The molecule has 1 aromatic carbocycles. The highest BCUT2D eigenvalue weighted by atomic mass is 16.5. The average molecular weight is 262 g/mol. The number of rotatable bonds is 3. The molecule has 5 heteroatoms. The summed E-state index contributed by atoms with van der Waals surface area (Å²) < 4.78 is 5.47. The molecule has 1 aliphatic heterocycles. The van der Waals surface area contributed by atoms with Gasteiger partial charge in [0.05, 0.1) is 5.69 Å². The maximum Gasteiger partial charge on any atom is 0.275 e. The van der Waals surface area contributed by atoms with E-state index < -0.39 is 17.9 Å². The Kier molecular flexibility index (Phi) is 3.74. The Bertz CT molecular complexity index is 511. The van der Waals surface area contributed by atoms with Gasteiger partial charge >= 0.3 is 0 Å². The fourth-order valence-electron chi connectivity index (χ4n) is 1.79. The standard InChI is InChI=1S/C14H18N2O3/c1-8(2)7-15-13(17)12-14(18)16-10-6-9(3)4-5-11(10)19-12/h4-6,8,12H,7H2,1-3H3,(H,15,17)(H,16,18)/t12-/m1/s1. The van der Waals surface area contributed by atoms with Crippen molar-refractivity contribution in [1.29, 1.82) is 0 Å². The monoisotopic (exact) mass is 262 g/mol. The van der Waals surface area contributed by atoms with Gasteiger partial charge in [-0.2, -0.15) is 0 Å². The minimum atomic E-state index is -1.12. The number of hydrogen-bond acceptors (Lipinski definition) is 3. The average Bonchev–Trinajstić information content (AvgIpc) is 2.35. The van der Waals surface area contributed by atoms with Gasteiger partial charge in [0.25, 0.3) is 17.9 Å². The van der Waals surface area contributed by atoms with E-state index in [1.807, 2.05) is 32.9 Å². The summed E-state index contributed by atoms with van der Waals surface area (Å²) in [6.45, 7) is 6.42. The molecule has 19 heavy (non-hydrogen) atoms. The van der Waals surface area contributed by atoms with E-state index in [4.69, 9.17) is 4.74 Å². The van der Waals surface area contributed by atoms with E-state index in [1.54, 1.807) is 6.07 Å². The highest BCUT2D eigenvalue weighted by molar-refractivity contribution is 6.11. The molecule has 0 saturated heterocycles. The van der Waals surface area contributed by atoms with Gasteiger partial charge in [-0.3, -0.25) is 9.59 Å². The van der Waals surface area contributed by atoms with Gasteiger partial charge in [0.2, 0.25) is 0 Å². The zero-order chi connectivity index (χ0) is 14.0. The predicted molar refractivity (Wildman–Crippen MR) is 72.1 cm³/mol. The molecule has 0 unspecified atom stereocenters. The number of benzene rings is 1. The maximum atomic E-state index is 11.9. The molecule has 2 amide bonds. The van der Waals surface area contributed by atoms with Gasteiger partial charge in [-0.05, 0) is 30.5 Å². The molecule has 0 aliphatic carbocycles. The Morgan fingerprint density at radius 2 is 2.21 bits per heavy atom. The number of ether oxygens (including phenoxy) is 1. The van der Waals surface area contributed by atoms with Gasteiger partial charge in [0, 0.05) is 6.54 Å². The van der Waals surface area contributed by atoms with Crippen LogP contribution in [0, 0.1) is 12.8 Å². The molecule has 1 heterocycles. The molecular weight excluding hydrogens is 244 g/mol. The van der Waals surface area contributed by atoms with Crippen LogP contribution in [-0.2, 0) is 9.59 Å². The summed E-state index contributed by atoms with van der Waals surface area (Å²) in [4.78, 5) is 23.8. The van der Waals surface area contributed by atoms with Crippen LogP contribution in [0.15, 0.2) is 18.2 Å². The molecule has 5 nitrogen and oxygen atoms in total. The Morgan fingerprint density at radius 3 is 2.89 bits per heavy atom. The van der Waals surface area contributed by atoms with Gasteiger partial charge < -0.3 is 15.4 Å². The maximum absolute atomic E-state index is 11.9. The van der Waals surface area contributed by atoms with Crippen LogP contribution in [0.3, 0.4) is 0 Å². The number of carbonyl (C=O) groups excluding carboxylic acids is 2. The second-order valence-corrected chi connectivity index (χ2v) is 5.13. The van der Waals surface area contributed by atoms with Crippen molar-refractivity contribution in [2.75, 3.05) is 11.9 Å². The SMILES string of the molecule is Cc1ccc2c(c1)NC(=O)[C@@H](C(=O)NCC(C)C)O2. The van der Waals surface area contributed by atoms with Gasteiger partial charge in [-0.15, -0.1) is 0 Å². The Balaban J connectivity index is 2.11. The summed E-state index contributed by atoms with van der Waals surface area (Å²) in [7, 11) is 0. The zero-order valence-electron chi connectivity index (χ0n) is 11.3. The third-order valence-electron chi connectivity index (χ3n) is 2.80. The van der Waals surface area contributed by atoms with Crippen molar-refractivity contribution in [3.63, 3.8) is 0 Å². The normalized spacial score (nSPS) is 17.5. The van der Waals surface area contributed by atoms with Crippen molar-refractivity contribution in [3.05, 3.63) is 23.8 Å².